The molecule has 0 saturated carbocycles. The lowest BCUT2D eigenvalue weighted by Crippen LogP contribution is -2.23. The topological polar surface area (TPSA) is 75.4 Å². The SMILES string of the molecule is CC(CN)CC(=O)Nc1ccc(CC(=O)N(C)C)cc1. The Balaban J connectivity index is 2.54. The molecule has 1 rings (SSSR count). The van der Waals surface area contributed by atoms with E-state index in [4.69, 9.17) is 5.73 Å². The molecule has 1 aromatic carbocycles. The molecule has 1 aromatic rings. The maximum Gasteiger partial charge on any atom is 0.226 e. The number of nitrogens with two attached hydrogens (primary N) is 1. The molecule has 20 heavy (non-hydrogen) atoms. The third-order valence-corrected chi connectivity index (χ3v) is 3.03. The Kier molecular flexibility index (Phi) is 6.18. The quantitative estimate of drug-likeness (QED) is 0.821. The average molecular weight is 277 g/mol. The summed E-state index contributed by atoms with van der Waals surface area (Å²) in [5, 5.41) is 2.82. The number of nitrogens with zero attached hydrogens (tertiary/aromatic N) is 1. The molecule has 1 unspecified atom stereocenters. The highest BCUT2D eigenvalue weighted by molar-refractivity contribution is 5.90. The molecule has 0 saturated heterocycles. The van der Waals surface area contributed by atoms with Gasteiger partial charge in [0.15, 0.2) is 0 Å². The summed E-state index contributed by atoms with van der Waals surface area (Å²) >= 11 is 0. The summed E-state index contributed by atoms with van der Waals surface area (Å²) in [6.45, 7) is 2.44. The first-order valence-corrected chi connectivity index (χ1v) is 6.71. The number of rotatable bonds is 6. The molecule has 3 N–H and O–H groups in total. The molecule has 1 atom stereocenters. The van der Waals surface area contributed by atoms with Crippen LogP contribution in [0.5, 0.6) is 0 Å². The van der Waals surface area contributed by atoms with E-state index >= 15 is 0 Å². The Morgan fingerprint density at radius 1 is 1.25 bits per heavy atom. The van der Waals surface area contributed by atoms with Crippen molar-refractivity contribution in [2.24, 2.45) is 11.7 Å². The van der Waals surface area contributed by atoms with Crippen molar-refractivity contribution in [3.8, 4) is 0 Å². The molecule has 0 spiro atoms. The molecule has 2 amide bonds. The van der Waals surface area contributed by atoms with Crippen molar-refractivity contribution in [3.63, 3.8) is 0 Å². The van der Waals surface area contributed by atoms with Crippen LogP contribution in [0.25, 0.3) is 0 Å². The van der Waals surface area contributed by atoms with Crippen molar-refractivity contribution in [1.29, 1.82) is 0 Å². The first-order chi connectivity index (χ1) is 9.42. The Morgan fingerprint density at radius 3 is 2.35 bits per heavy atom. The predicted octanol–water partition coefficient (Wildman–Crippen LogP) is 1.24. The lowest BCUT2D eigenvalue weighted by molar-refractivity contribution is -0.128. The predicted molar refractivity (Wildman–Crippen MR) is 80.3 cm³/mol. The average Bonchev–Trinajstić information content (AvgIpc) is 2.40. The lowest BCUT2D eigenvalue weighted by Gasteiger charge is -2.11. The van der Waals surface area contributed by atoms with Crippen LogP contribution in [-0.4, -0.2) is 37.4 Å². The molecule has 0 aromatic heterocycles. The number of carbonyl (C=O) groups is 2. The van der Waals surface area contributed by atoms with E-state index in [0.717, 1.165) is 11.3 Å². The van der Waals surface area contributed by atoms with Crippen molar-refractivity contribution in [3.05, 3.63) is 29.8 Å². The highest BCUT2D eigenvalue weighted by Gasteiger charge is 2.08. The van der Waals surface area contributed by atoms with Gasteiger partial charge in [-0.25, -0.2) is 0 Å². The molecular formula is C15H23N3O2. The van der Waals surface area contributed by atoms with Gasteiger partial charge in [0.2, 0.25) is 11.8 Å². The summed E-state index contributed by atoms with van der Waals surface area (Å²) in [7, 11) is 3.46. The summed E-state index contributed by atoms with van der Waals surface area (Å²) in [6, 6.07) is 7.32. The van der Waals surface area contributed by atoms with E-state index in [1.807, 2.05) is 31.2 Å². The van der Waals surface area contributed by atoms with Gasteiger partial charge in [0, 0.05) is 26.2 Å². The summed E-state index contributed by atoms with van der Waals surface area (Å²) < 4.78 is 0. The van der Waals surface area contributed by atoms with Crippen LogP contribution >= 0.6 is 0 Å². The van der Waals surface area contributed by atoms with Crippen molar-refractivity contribution in [2.75, 3.05) is 26.0 Å². The third kappa shape index (κ3) is 5.40. The van der Waals surface area contributed by atoms with Crippen LogP contribution in [-0.2, 0) is 16.0 Å². The standard InChI is InChI=1S/C15H23N3O2/c1-11(10-16)8-14(19)17-13-6-4-12(5-7-13)9-15(20)18(2)3/h4-7,11H,8-10,16H2,1-3H3,(H,17,19). The van der Waals surface area contributed by atoms with Gasteiger partial charge in [-0.2, -0.15) is 0 Å². The maximum atomic E-state index is 11.7. The molecule has 5 nitrogen and oxygen atoms in total. The van der Waals surface area contributed by atoms with Crippen LogP contribution in [0.3, 0.4) is 0 Å². The monoisotopic (exact) mass is 277 g/mol. The minimum Gasteiger partial charge on any atom is -0.349 e. The van der Waals surface area contributed by atoms with Crippen molar-refractivity contribution in [1.82, 2.24) is 4.90 Å². The van der Waals surface area contributed by atoms with E-state index in [0.29, 0.717) is 19.4 Å². The molecule has 0 heterocycles. The van der Waals surface area contributed by atoms with Gasteiger partial charge in [-0.15, -0.1) is 0 Å². The number of likely N-dealkylation sites (N-methyl/N-ethyl adjacent to an activating group) is 1. The number of carbonyl (C=O) groups excluding carboxylic acids is 2. The second-order valence-electron chi connectivity index (χ2n) is 5.26. The smallest absolute Gasteiger partial charge is 0.226 e. The fourth-order valence-electron chi connectivity index (χ4n) is 1.65. The van der Waals surface area contributed by atoms with Crippen LogP contribution in [0.1, 0.15) is 18.9 Å². The summed E-state index contributed by atoms with van der Waals surface area (Å²) in [5.74, 6) is 0.186. The Labute approximate surface area is 120 Å². The summed E-state index contributed by atoms with van der Waals surface area (Å²) in [5.41, 5.74) is 7.15. The lowest BCUT2D eigenvalue weighted by atomic mass is 10.1. The molecule has 110 valence electrons. The molecule has 0 aliphatic heterocycles. The van der Waals surface area contributed by atoms with Crippen molar-refractivity contribution >= 4 is 17.5 Å². The second kappa shape index (κ2) is 7.65. The van der Waals surface area contributed by atoms with Gasteiger partial charge in [0.25, 0.3) is 0 Å². The van der Waals surface area contributed by atoms with Gasteiger partial charge in [-0.3, -0.25) is 9.59 Å². The van der Waals surface area contributed by atoms with Gasteiger partial charge in [0.1, 0.15) is 0 Å². The molecule has 0 fully saturated rings. The number of anilines is 1. The zero-order valence-electron chi connectivity index (χ0n) is 12.3. The zero-order chi connectivity index (χ0) is 15.1. The first-order valence-electron chi connectivity index (χ1n) is 6.71. The molecule has 0 bridgehead atoms. The van der Waals surface area contributed by atoms with E-state index in [1.54, 1.807) is 19.0 Å². The molecule has 0 aliphatic carbocycles. The minimum atomic E-state index is -0.0416. The fraction of sp³-hybridized carbons (Fsp3) is 0.467. The number of hydrogen-bond donors (Lipinski definition) is 2. The fourth-order valence-corrected chi connectivity index (χ4v) is 1.65. The molecular weight excluding hydrogens is 254 g/mol. The first kappa shape index (κ1) is 16.2. The van der Waals surface area contributed by atoms with Crippen LogP contribution in [0.4, 0.5) is 5.69 Å². The Hall–Kier alpha value is -1.88. The number of amides is 2. The van der Waals surface area contributed by atoms with E-state index in [-0.39, 0.29) is 17.7 Å². The third-order valence-electron chi connectivity index (χ3n) is 3.03. The van der Waals surface area contributed by atoms with E-state index in [9.17, 15) is 9.59 Å². The van der Waals surface area contributed by atoms with Gasteiger partial charge < -0.3 is 16.0 Å². The molecule has 5 heteroatoms. The van der Waals surface area contributed by atoms with Crippen molar-refractivity contribution < 1.29 is 9.59 Å². The highest BCUT2D eigenvalue weighted by atomic mass is 16.2. The van der Waals surface area contributed by atoms with E-state index in [1.165, 1.54) is 0 Å². The summed E-state index contributed by atoms with van der Waals surface area (Å²) in [6.07, 6.45) is 0.781. The van der Waals surface area contributed by atoms with E-state index < -0.39 is 0 Å². The van der Waals surface area contributed by atoms with Crippen LogP contribution in [0.2, 0.25) is 0 Å². The normalized spacial score (nSPS) is 11.8. The Bertz CT molecular complexity index is 455. The van der Waals surface area contributed by atoms with Crippen molar-refractivity contribution in [2.45, 2.75) is 19.8 Å². The Morgan fingerprint density at radius 2 is 1.85 bits per heavy atom. The zero-order valence-corrected chi connectivity index (χ0v) is 12.3. The minimum absolute atomic E-state index is 0.0416. The number of nitrogens with one attached hydrogen (secondary N) is 1. The van der Waals surface area contributed by atoms with Gasteiger partial charge in [-0.1, -0.05) is 19.1 Å². The number of hydrogen-bond acceptors (Lipinski definition) is 3. The highest BCUT2D eigenvalue weighted by Crippen LogP contribution is 2.12. The van der Waals surface area contributed by atoms with Gasteiger partial charge >= 0.3 is 0 Å². The van der Waals surface area contributed by atoms with Crippen LogP contribution < -0.4 is 11.1 Å². The number of benzene rings is 1. The van der Waals surface area contributed by atoms with Gasteiger partial charge in [0.05, 0.1) is 6.42 Å². The van der Waals surface area contributed by atoms with Crippen LogP contribution in [0.15, 0.2) is 24.3 Å². The molecule has 0 radical (unpaired) electrons. The molecule has 0 aliphatic rings. The van der Waals surface area contributed by atoms with E-state index in [2.05, 4.69) is 5.32 Å². The largest absolute Gasteiger partial charge is 0.349 e. The maximum absolute atomic E-state index is 11.7. The van der Waals surface area contributed by atoms with Crippen LogP contribution in [0, 0.1) is 5.92 Å². The summed E-state index contributed by atoms with van der Waals surface area (Å²) in [4.78, 5) is 24.8. The van der Waals surface area contributed by atoms with Gasteiger partial charge in [-0.05, 0) is 30.2 Å². The second-order valence-corrected chi connectivity index (χ2v) is 5.26.